The predicted octanol–water partition coefficient (Wildman–Crippen LogP) is 4.36. The normalized spacial score (nSPS) is 11.3. The molecule has 202 valence electrons. The van der Waals surface area contributed by atoms with E-state index in [0.29, 0.717) is 23.8 Å². The summed E-state index contributed by atoms with van der Waals surface area (Å²) in [5, 5.41) is 18.4. The summed E-state index contributed by atoms with van der Waals surface area (Å²) in [6, 6.07) is 13.8. The Bertz CT molecular complexity index is 1440. The number of likely N-dealkylation sites (N-methyl/N-ethyl adjacent to an activating group) is 1. The van der Waals surface area contributed by atoms with Crippen molar-refractivity contribution in [2.75, 3.05) is 45.2 Å². The van der Waals surface area contributed by atoms with Gasteiger partial charge in [-0.3, -0.25) is 9.69 Å². The molecule has 3 rings (SSSR count). The SMILES string of the molecule is Cc1cc(C)c2nc(N(CCN(C)C)C(=O)c3ccc(S(=O)(=O)N(CCC#N)CCC#N)cc3)sc2c1.Cl. The van der Waals surface area contributed by atoms with E-state index in [4.69, 9.17) is 15.5 Å². The van der Waals surface area contributed by atoms with Crippen LogP contribution < -0.4 is 4.90 Å². The third-order valence-electron chi connectivity index (χ3n) is 5.75. The smallest absolute Gasteiger partial charge is 0.260 e. The molecule has 1 aromatic heterocycles. The number of halogens is 1. The number of aromatic nitrogens is 1. The van der Waals surface area contributed by atoms with Crippen molar-refractivity contribution in [3.05, 3.63) is 53.1 Å². The number of nitriles is 2. The van der Waals surface area contributed by atoms with Crippen molar-refractivity contribution in [1.29, 1.82) is 10.5 Å². The highest BCUT2D eigenvalue weighted by Gasteiger charge is 2.26. The van der Waals surface area contributed by atoms with E-state index in [9.17, 15) is 13.2 Å². The molecule has 9 nitrogen and oxygen atoms in total. The van der Waals surface area contributed by atoms with Gasteiger partial charge >= 0.3 is 0 Å². The van der Waals surface area contributed by atoms with E-state index >= 15 is 0 Å². The lowest BCUT2D eigenvalue weighted by Crippen LogP contribution is -2.37. The van der Waals surface area contributed by atoms with Crippen LogP contribution in [0.5, 0.6) is 0 Å². The highest BCUT2D eigenvalue weighted by atomic mass is 35.5. The van der Waals surface area contributed by atoms with Crippen molar-refractivity contribution < 1.29 is 13.2 Å². The van der Waals surface area contributed by atoms with Crippen molar-refractivity contribution in [2.24, 2.45) is 0 Å². The zero-order valence-electron chi connectivity index (χ0n) is 21.8. The summed E-state index contributed by atoms with van der Waals surface area (Å²) in [5.74, 6) is -0.273. The Hall–Kier alpha value is -3.06. The van der Waals surface area contributed by atoms with Gasteiger partial charge in [-0.1, -0.05) is 17.4 Å². The zero-order valence-corrected chi connectivity index (χ0v) is 24.3. The fourth-order valence-corrected chi connectivity index (χ4v) is 6.44. The minimum Gasteiger partial charge on any atom is -0.308 e. The number of nitrogens with zero attached hydrogens (tertiary/aromatic N) is 6. The Morgan fingerprint density at radius 3 is 2.13 bits per heavy atom. The Morgan fingerprint density at radius 2 is 1.58 bits per heavy atom. The number of anilines is 1. The van der Waals surface area contributed by atoms with Crippen LogP contribution in [-0.2, 0) is 10.0 Å². The van der Waals surface area contributed by atoms with Gasteiger partial charge in [0.15, 0.2) is 5.13 Å². The number of sulfonamides is 1. The van der Waals surface area contributed by atoms with Gasteiger partial charge in [-0.05, 0) is 69.4 Å². The monoisotopic (exact) mass is 574 g/mol. The van der Waals surface area contributed by atoms with Gasteiger partial charge in [0.25, 0.3) is 5.91 Å². The van der Waals surface area contributed by atoms with Gasteiger partial charge in [0, 0.05) is 44.6 Å². The second-order valence-corrected chi connectivity index (χ2v) is 11.9. The zero-order chi connectivity index (χ0) is 27.2. The molecular formula is C26H31ClN6O3S2. The van der Waals surface area contributed by atoms with Crippen LogP contribution in [0, 0.1) is 36.5 Å². The lowest BCUT2D eigenvalue weighted by atomic mass is 10.1. The van der Waals surface area contributed by atoms with Crippen LogP contribution in [0.2, 0.25) is 0 Å². The maximum atomic E-state index is 13.6. The number of hydrogen-bond acceptors (Lipinski definition) is 8. The minimum atomic E-state index is -3.92. The first kappa shape index (κ1) is 31.2. The van der Waals surface area contributed by atoms with E-state index in [1.54, 1.807) is 4.90 Å². The van der Waals surface area contributed by atoms with Gasteiger partial charge in [-0.15, -0.1) is 12.4 Å². The lowest BCUT2D eigenvalue weighted by molar-refractivity contribution is 0.0985. The predicted molar refractivity (Wildman–Crippen MR) is 152 cm³/mol. The lowest BCUT2D eigenvalue weighted by Gasteiger charge is -2.22. The van der Waals surface area contributed by atoms with E-state index in [1.165, 1.54) is 35.6 Å². The summed E-state index contributed by atoms with van der Waals surface area (Å²) < 4.78 is 28.4. The Balaban J connectivity index is 0.00000507. The Kier molecular flexibility index (Phi) is 11.2. The quantitative estimate of drug-likeness (QED) is 0.333. The molecular weight excluding hydrogens is 544 g/mol. The number of thiazole rings is 1. The summed E-state index contributed by atoms with van der Waals surface area (Å²) in [4.78, 5) is 22.0. The van der Waals surface area contributed by atoms with E-state index in [1.807, 2.05) is 45.0 Å². The average molecular weight is 575 g/mol. The summed E-state index contributed by atoms with van der Waals surface area (Å²) in [6.45, 7) is 5.06. The molecule has 38 heavy (non-hydrogen) atoms. The molecule has 1 amide bonds. The molecule has 3 aromatic rings. The molecule has 0 spiro atoms. The number of amides is 1. The second-order valence-electron chi connectivity index (χ2n) is 8.93. The van der Waals surface area contributed by atoms with Crippen molar-refractivity contribution in [3.63, 3.8) is 0 Å². The van der Waals surface area contributed by atoms with E-state index in [0.717, 1.165) is 25.6 Å². The van der Waals surface area contributed by atoms with Crippen molar-refractivity contribution >= 4 is 55.0 Å². The summed E-state index contributed by atoms with van der Waals surface area (Å²) >= 11 is 1.46. The number of benzene rings is 2. The highest BCUT2D eigenvalue weighted by Crippen LogP contribution is 2.32. The number of carbonyl (C=O) groups excluding carboxylic acids is 1. The standard InChI is InChI=1S/C26H30N6O3S2.ClH/c1-19-17-20(2)24-23(18-19)36-26(29-24)32(16-15-30(3)4)25(33)21-7-9-22(10-8-21)37(34,35)31(13-5-11-27)14-6-12-28;/h7-10,17-18H,5-6,13-16H2,1-4H3;1H. The van der Waals surface area contributed by atoms with Gasteiger partial charge in [-0.2, -0.15) is 14.8 Å². The van der Waals surface area contributed by atoms with Crippen LogP contribution in [0.25, 0.3) is 10.2 Å². The summed E-state index contributed by atoms with van der Waals surface area (Å²) in [5.41, 5.74) is 3.38. The number of aryl methyl sites for hydroxylation is 2. The Labute approximate surface area is 234 Å². The fourth-order valence-electron chi connectivity index (χ4n) is 3.83. The van der Waals surface area contributed by atoms with Gasteiger partial charge in [0.1, 0.15) is 0 Å². The number of carbonyl (C=O) groups is 1. The van der Waals surface area contributed by atoms with Gasteiger partial charge in [-0.25, -0.2) is 13.4 Å². The molecule has 0 fully saturated rings. The molecule has 0 radical (unpaired) electrons. The minimum absolute atomic E-state index is 0. The number of hydrogen-bond donors (Lipinski definition) is 0. The van der Waals surface area contributed by atoms with Gasteiger partial charge < -0.3 is 4.90 Å². The first-order valence-electron chi connectivity index (χ1n) is 11.8. The molecule has 0 saturated heterocycles. The largest absolute Gasteiger partial charge is 0.308 e. The molecule has 0 saturated carbocycles. The number of fused-ring (bicyclic) bond motifs is 1. The molecule has 0 N–H and O–H groups in total. The number of rotatable bonds is 11. The second kappa shape index (κ2) is 13.7. The average Bonchev–Trinajstić information content (AvgIpc) is 3.28. The van der Waals surface area contributed by atoms with E-state index < -0.39 is 10.0 Å². The van der Waals surface area contributed by atoms with E-state index in [-0.39, 0.29) is 49.1 Å². The van der Waals surface area contributed by atoms with Crippen molar-refractivity contribution in [2.45, 2.75) is 31.6 Å². The van der Waals surface area contributed by atoms with Crippen LogP contribution >= 0.6 is 23.7 Å². The summed E-state index contributed by atoms with van der Waals surface area (Å²) in [7, 11) is -0.0606. The first-order chi connectivity index (χ1) is 17.6. The molecule has 1 heterocycles. The van der Waals surface area contributed by atoms with Crippen LogP contribution in [0.3, 0.4) is 0 Å². The third kappa shape index (κ3) is 7.28. The molecule has 2 aromatic carbocycles. The Morgan fingerprint density at radius 1 is 0.974 bits per heavy atom. The van der Waals surface area contributed by atoms with Crippen molar-refractivity contribution in [1.82, 2.24) is 14.2 Å². The van der Waals surface area contributed by atoms with Crippen LogP contribution in [0.4, 0.5) is 5.13 Å². The topological polar surface area (TPSA) is 121 Å². The molecule has 0 aliphatic rings. The highest BCUT2D eigenvalue weighted by molar-refractivity contribution is 7.89. The van der Waals surface area contributed by atoms with Crippen LogP contribution in [0.1, 0.15) is 34.3 Å². The molecule has 0 aliphatic carbocycles. The van der Waals surface area contributed by atoms with Crippen LogP contribution in [-0.4, -0.2) is 68.8 Å². The molecule has 0 aliphatic heterocycles. The molecule has 0 bridgehead atoms. The summed E-state index contributed by atoms with van der Waals surface area (Å²) in [6.07, 6.45) is 0.0342. The molecule has 0 unspecified atom stereocenters. The molecule has 0 atom stereocenters. The third-order valence-corrected chi connectivity index (χ3v) is 8.69. The van der Waals surface area contributed by atoms with Gasteiger partial charge in [0.2, 0.25) is 10.0 Å². The molecule has 12 heteroatoms. The fraction of sp³-hybridized carbons (Fsp3) is 0.385. The van der Waals surface area contributed by atoms with Gasteiger partial charge in [0.05, 0.1) is 27.3 Å². The first-order valence-corrected chi connectivity index (χ1v) is 14.0. The van der Waals surface area contributed by atoms with E-state index in [2.05, 4.69) is 12.1 Å². The maximum Gasteiger partial charge on any atom is 0.260 e. The maximum absolute atomic E-state index is 13.6. The van der Waals surface area contributed by atoms with Crippen molar-refractivity contribution in [3.8, 4) is 12.1 Å². The van der Waals surface area contributed by atoms with Crippen LogP contribution in [0.15, 0.2) is 41.3 Å².